The van der Waals surface area contributed by atoms with E-state index < -0.39 is 0 Å². The molecule has 1 aromatic rings. The van der Waals surface area contributed by atoms with Crippen LogP contribution in [0.5, 0.6) is 5.75 Å². The molecule has 0 saturated carbocycles. The molecule has 0 atom stereocenters. The van der Waals surface area contributed by atoms with E-state index >= 15 is 0 Å². The minimum Gasteiger partial charge on any atom is -0.442 e. The van der Waals surface area contributed by atoms with E-state index in [-0.39, 0.29) is 0 Å². The first kappa shape index (κ1) is 8.71. The van der Waals surface area contributed by atoms with E-state index in [9.17, 15) is 0 Å². The smallest absolute Gasteiger partial charge is 0.186 e. The quantitative estimate of drug-likeness (QED) is 0.468. The Morgan fingerprint density at radius 2 is 2.25 bits per heavy atom. The number of pyridine rings is 1. The molecule has 0 unspecified atom stereocenters. The molecular weight excluding hydrogens is 152 g/mol. The van der Waals surface area contributed by atoms with Gasteiger partial charge in [0.05, 0.1) is 6.20 Å². The van der Waals surface area contributed by atoms with Crippen LogP contribution in [-0.2, 0) is 0 Å². The Labute approximate surface area is 72.1 Å². The van der Waals surface area contributed by atoms with Crippen LogP contribution in [0.25, 0.3) is 0 Å². The molecule has 1 aromatic heterocycles. The van der Waals surface area contributed by atoms with Gasteiger partial charge in [0.1, 0.15) is 5.75 Å². The molecule has 64 valence electrons. The molecule has 1 heterocycles. The van der Waals surface area contributed by atoms with Gasteiger partial charge in [0.15, 0.2) is 5.90 Å². The zero-order valence-electron chi connectivity index (χ0n) is 7.53. The third kappa shape index (κ3) is 2.34. The van der Waals surface area contributed by atoms with Crippen molar-refractivity contribution in [3.8, 4) is 5.75 Å². The van der Waals surface area contributed by atoms with Gasteiger partial charge >= 0.3 is 0 Å². The molecule has 12 heavy (non-hydrogen) atoms. The van der Waals surface area contributed by atoms with E-state index in [2.05, 4.69) is 9.98 Å². The van der Waals surface area contributed by atoms with E-state index in [0.29, 0.717) is 5.90 Å². The van der Waals surface area contributed by atoms with Crippen molar-refractivity contribution in [2.75, 3.05) is 7.05 Å². The number of hydrogen-bond acceptors (Lipinski definition) is 3. The van der Waals surface area contributed by atoms with Crippen molar-refractivity contribution < 1.29 is 4.74 Å². The average molecular weight is 164 g/mol. The van der Waals surface area contributed by atoms with Gasteiger partial charge in [0, 0.05) is 19.7 Å². The number of rotatable bonds is 1. The second-order valence-electron chi connectivity index (χ2n) is 2.48. The number of aryl methyl sites for hydroxylation is 1. The summed E-state index contributed by atoms with van der Waals surface area (Å²) in [5.74, 6) is 1.37. The molecule has 1 rings (SSSR count). The Hall–Kier alpha value is -1.38. The molecule has 0 aromatic carbocycles. The molecule has 0 aliphatic heterocycles. The lowest BCUT2D eigenvalue weighted by atomic mass is 10.4. The highest BCUT2D eigenvalue weighted by Crippen LogP contribution is 2.08. The molecule has 0 aliphatic rings. The van der Waals surface area contributed by atoms with Gasteiger partial charge < -0.3 is 4.74 Å². The molecule has 0 spiro atoms. The highest BCUT2D eigenvalue weighted by molar-refractivity contribution is 5.75. The van der Waals surface area contributed by atoms with Crippen molar-refractivity contribution in [3.05, 3.63) is 24.0 Å². The maximum atomic E-state index is 5.31. The van der Waals surface area contributed by atoms with Gasteiger partial charge in [-0.25, -0.2) is 0 Å². The van der Waals surface area contributed by atoms with E-state index in [4.69, 9.17) is 4.74 Å². The fourth-order valence-electron chi connectivity index (χ4n) is 0.731. The molecule has 3 nitrogen and oxygen atoms in total. The summed E-state index contributed by atoms with van der Waals surface area (Å²) in [6, 6.07) is 3.77. The molecule has 0 amide bonds. The van der Waals surface area contributed by atoms with Crippen LogP contribution in [-0.4, -0.2) is 17.9 Å². The first-order chi connectivity index (χ1) is 5.72. The first-order valence-electron chi connectivity index (χ1n) is 3.76. The van der Waals surface area contributed by atoms with Gasteiger partial charge in [-0.3, -0.25) is 9.98 Å². The van der Waals surface area contributed by atoms with Gasteiger partial charge in [-0.15, -0.1) is 0 Å². The third-order valence-electron chi connectivity index (χ3n) is 1.46. The van der Waals surface area contributed by atoms with Gasteiger partial charge in [-0.1, -0.05) is 0 Å². The maximum absolute atomic E-state index is 5.31. The number of aliphatic imine (C=N–C) groups is 1. The zero-order chi connectivity index (χ0) is 8.97. The van der Waals surface area contributed by atoms with E-state index in [1.807, 2.05) is 19.1 Å². The van der Waals surface area contributed by atoms with Crippen LogP contribution < -0.4 is 4.74 Å². The summed E-state index contributed by atoms with van der Waals surface area (Å²) in [7, 11) is 1.69. The monoisotopic (exact) mass is 164 g/mol. The topological polar surface area (TPSA) is 34.5 Å². The normalized spacial score (nSPS) is 11.4. The second kappa shape index (κ2) is 3.85. The summed E-state index contributed by atoms with van der Waals surface area (Å²) in [5.41, 5.74) is 0.980. The van der Waals surface area contributed by atoms with Crippen molar-refractivity contribution in [3.63, 3.8) is 0 Å². The summed E-state index contributed by atoms with van der Waals surface area (Å²) in [4.78, 5) is 7.96. The van der Waals surface area contributed by atoms with Crippen molar-refractivity contribution in [2.45, 2.75) is 13.8 Å². The van der Waals surface area contributed by atoms with Gasteiger partial charge in [0.2, 0.25) is 0 Å². The lowest BCUT2D eigenvalue weighted by Gasteiger charge is -2.02. The fraction of sp³-hybridized carbons (Fsp3) is 0.333. The minimum absolute atomic E-state index is 0.639. The minimum atomic E-state index is 0.639. The van der Waals surface area contributed by atoms with E-state index in [0.717, 1.165) is 11.4 Å². The molecule has 0 fully saturated rings. The van der Waals surface area contributed by atoms with Gasteiger partial charge in [-0.05, 0) is 19.1 Å². The fourth-order valence-corrected chi connectivity index (χ4v) is 0.731. The van der Waals surface area contributed by atoms with Crippen LogP contribution in [0.3, 0.4) is 0 Å². The van der Waals surface area contributed by atoms with Crippen molar-refractivity contribution in [1.82, 2.24) is 4.98 Å². The standard InChI is InChI=1S/C9H12N2O/c1-7-4-5-9(6-11-7)12-8(2)10-3/h4-6H,1-3H3/b10-8-. The largest absolute Gasteiger partial charge is 0.442 e. The summed E-state index contributed by atoms with van der Waals surface area (Å²) >= 11 is 0. The van der Waals surface area contributed by atoms with Crippen LogP contribution >= 0.6 is 0 Å². The van der Waals surface area contributed by atoms with Gasteiger partial charge in [-0.2, -0.15) is 0 Å². The number of nitrogens with zero attached hydrogens (tertiary/aromatic N) is 2. The van der Waals surface area contributed by atoms with Crippen molar-refractivity contribution in [2.24, 2.45) is 4.99 Å². The molecule has 0 aliphatic carbocycles. The predicted molar refractivity (Wildman–Crippen MR) is 48.6 cm³/mol. The Morgan fingerprint density at radius 3 is 2.75 bits per heavy atom. The van der Waals surface area contributed by atoms with Crippen molar-refractivity contribution in [1.29, 1.82) is 0 Å². The number of ether oxygens (including phenoxy) is 1. The second-order valence-corrected chi connectivity index (χ2v) is 2.48. The van der Waals surface area contributed by atoms with Crippen LogP contribution in [0.1, 0.15) is 12.6 Å². The molecule has 3 heteroatoms. The lowest BCUT2D eigenvalue weighted by Crippen LogP contribution is -2.02. The predicted octanol–water partition coefficient (Wildman–Crippen LogP) is 1.82. The third-order valence-corrected chi connectivity index (χ3v) is 1.46. The molecule has 0 N–H and O–H groups in total. The highest BCUT2D eigenvalue weighted by atomic mass is 16.5. The number of aromatic nitrogens is 1. The average Bonchev–Trinajstić information content (AvgIpc) is 2.09. The Morgan fingerprint density at radius 1 is 1.50 bits per heavy atom. The van der Waals surface area contributed by atoms with Crippen LogP contribution in [0, 0.1) is 6.92 Å². The summed E-state index contributed by atoms with van der Waals surface area (Å²) < 4.78 is 5.31. The van der Waals surface area contributed by atoms with Crippen molar-refractivity contribution >= 4 is 5.90 Å². The Kier molecular flexibility index (Phi) is 2.80. The molecule has 0 radical (unpaired) electrons. The molecule has 0 bridgehead atoms. The zero-order valence-corrected chi connectivity index (χ0v) is 7.53. The SMILES string of the molecule is C/N=C(/C)Oc1ccc(C)nc1. The van der Waals surface area contributed by atoms with Crippen LogP contribution in [0.15, 0.2) is 23.3 Å². The molecule has 0 saturated heterocycles. The summed E-state index contributed by atoms with van der Waals surface area (Å²) in [6.07, 6.45) is 1.68. The summed E-state index contributed by atoms with van der Waals surface area (Å²) in [5, 5.41) is 0. The van der Waals surface area contributed by atoms with E-state index in [1.165, 1.54) is 0 Å². The van der Waals surface area contributed by atoms with Crippen LogP contribution in [0.2, 0.25) is 0 Å². The lowest BCUT2D eigenvalue weighted by molar-refractivity contribution is 0.542. The summed E-state index contributed by atoms with van der Waals surface area (Å²) in [6.45, 7) is 3.74. The van der Waals surface area contributed by atoms with Crippen LogP contribution in [0.4, 0.5) is 0 Å². The highest BCUT2D eigenvalue weighted by Gasteiger charge is 1.94. The Bertz CT molecular complexity index is 277. The maximum Gasteiger partial charge on any atom is 0.186 e. The number of hydrogen-bond donors (Lipinski definition) is 0. The van der Waals surface area contributed by atoms with Gasteiger partial charge in [0.25, 0.3) is 0 Å². The Balaban J connectivity index is 2.71. The first-order valence-corrected chi connectivity index (χ1v) is 3.76. The van der Waals surface area contributed by atoms with E-state index in [1.54, 1.807) is 20.2 Å². The molecular formula is C9H12N2O.